The van der Waals surface area contributed by atoms with Crippen molar-refractivity contribution in [3.05, 3.63) is 82.4 Å². The van der Waals surface area contributed by atoms with Gasteiger partial charge in [0.15, 0.2) is 0 Å². The molecule has 2 aromatic heterocycles. The molecule has 1 aromatic carbocycles. The number of amides is 1. The lowest BCUT2D eigenvalue weighted by atomic mass is 10.1. The largest absolute Gasteiger partial charge is 0.352 e. The normalized spacial score (nSPS) is 10.4. The number of hydrogen-bond acceptors (Lipinski definition) is 3. The molecule has 0 atom stereocenters. The summed E-state index contributed by atoms with van der Waals surface area (Å²) in [6, 6.07) is 13.4. The summed E-state index contributed by atoms with van der Waals surface area (Å²) >= 11 is 5.13. The molecule has 0 bridgehead atoms. The topological polar surface area (TPSA) is 62.7 Å². The first-order chi connectivity index (χ1) is 11.2. The molecule has 116 valence electrons. The van der Waals surface area contributed by atoms with Gasteiger partial charge in [0.1, 0.15) is 4.64 Å². The van der Waals surface area contributed by atoms with Gasteiger partial charge in [0.2, 0.25) is 0 Å². The van der Waals surface area contributed by atoms with Crippen LogP contribution in [0.4, 0.5) is 0 Å². The second-order valence-corrected chi connectivity index (χ2v) is 5.48. The van der Waals surface area contributed by atoms with Crippen LogP contribution in [0.25, 0.3) is 0 Å². The molecule has 3 aromatic rings. The quantitative estimate of drug-likeness (QED) is 0.709. The van der Waals surface area contributed by atoms with Crippen LogP contribution in [-0.2, 0) is 13.1 Å². The van der Waals surface area contributed by atoms with E-state index in [2.05, 4.69) is 15.4 Å². The number of pyridine rings is 1. The molecular formula is C17H16N4OS. The summed E-state index contributed by atoms with van der Waals surface area (Å²) < 4.78 is 2.29. The van der Waals surface area contributed by atoms with Crippen LogP contribution in [0.3, 0.4) is 0 Å². The summed E-state index contributed by atoms with van der Waals surface area (Å²) in [7, 11) is 0. The third-order valence-electron chi connectivity index (χ3n) is 3.51. The Morgan fingerprint density at radius 1 is 1.17 bits per heavy atom. The molecule has 0 saturated carbocycles. The molecule has 23 heavy (non-hydrogen) atoms. The molecule has 0 unspecified atom stereocenters. The van der Waals surface area contributed by atoms with Crippen molar-refractivity contribution in [3.8, 4) is 0 Å². The molecule has 0 saturated heterocycles. The van der Waals surface area contributed by atoms with Crippen molar-refractivity contribution in [2.75, 3.05) is 0 Å². The van der Waals surface area contributed by atoms with Gasteiger partial charge in [-0.3, -0.25) is 9.48 Å². The minimum atomic E-state index is -0.180. The highest BCUT2D eigenvalue weighted by atomic mass is 32.1. The zero-order valence-electron chi connectivity index (χ0n) is 12.4. The van der Waals surface area contributed by atoms with Gasteiger partial charge in [0, 0.05) is 25.1 Å². The number of carbonyl (C=O) groups excluding carboxylic acids is 1. The fraction of sp³-hybridized carbons (Fsp3) is 0.118. The highest BCUT2D eigenvalue weighted by molar-refractivity contribution is 7.71. The zero-order chi connectivity index (χ0) is 16.1. The minimum Gasteiger partial charge on any atom is -0.352 e. The maximum atomic E-state index is 12.3. The van der Waals surface area contributed by atoms with Crippen LogP contribution in [0, 0.1) is 4.64 Å². The Kier molecular flexibility index (Phi) is 4.63. The van der Waals surface area contributed by atoms with E-state index in [1.165, 1.54) is 0 Å². The minimum absolute atomic E-state index is 0.180. The number of H-pyrrole nitrogens is 1. The van der Waals surface area contributed by atoms with Crippen molar-refractivity contribution in [3.63, 3.8) is 0 Å². The fourth-order valence-corrected chi connectivity index (χ4v) is 2.55. The lowest BCUT2D eigenvalue weighted by molar-refractivity contribution is 0.0950. The van der Waals surface area contributed by atoms with Crippen LogP contribution in [0.15, 0.2) is 61.1 Å². The van der Waals surface area contributed by atoms with Gasteiger partial charge in [0.05, 0.1) is 12.1 Å². The average Bonchev–Trinajstić information content (AvgIpc) is 3.07. The van der Waals surface area contributed by atoms with Gasteiger partial charge in [-0.05, 0) is 29.3 Å². The van der Waals surface area contributed by atoms with Crippen molar-refractivity contribution in [1.82, 2.24) is 20.1 Å². The fourth-order valence-electron chi connectivity index (χ4n) is 2.32. The van der Waals surface area contributed by atoms with Gasteiger partial charge in [-0.15, -0.1) is 0 Å². The van der Waals surface area contributed by atoms with E-state index in [9.17, 15) is 4.79 Å². The first kappa shape index (κ1) is 15.2. The molecule has 0 spiro atoms. The summed E-state index contributed by atoms with van der Waals surface area (Å²) in [6.45, 7) is 1.12. The van der Waals surface area contributed by atoms with Gasteiger partial charge in [0.25, 0.3) is 5.91 Å². The van der Waals surface area contributed by atoms with Gasteiger partial charge in [-0.2, -0.15) is 5.10 Å². The van der Waals surface area contributed by atoms with Gasteiger partial charge in [-0.1, -0.05) is 36.5 Å². The number of aromatic amines is 1. The maximum absolute atomic E-state index is 12.3. The first-order valence-electron chi connectivity index (χ1n) is 7.24. The smallest absolute Gasteiger partial charge is 0.254 e. The Hall–Kier alpha value is -2.73. The van der Waals surface area contributed by atoms with Gasteiger partial charge >= 0.3 is 0 Å². The molecule has 2 heterocycles. The summed E-state index contributed by atoms with van der Waals surface area (Å²) in [5.74, 6) is -0.180. The SMILES string of the molecule is O=C(NCc1ccccc1Cn1cccn1)c1ccc[nH]c1=S. The molecule has 0 aliphatic rings. The molecule has 0 fully saturated rings. The van der Waals surface area contributed by atoms with E-state index < -0.39 is 0 Å². The van der Waals surface area contributed by atoms with Gasteiger partial charge < -0.3 is 10.3 Å². The standard InChI is InChI=1S/C17H16N4OS/c22-16(15-7-3-8-18-17(15)23)19-11-13-5-1-2-6-14(13)12-21-10-4-9-20-21/h1-10H,11-12H2,(H,18,23)(H,19,22). The third-order valence-corrected chi connectivity index (χ3v) is 3.85. The van der Waals surface area contributed by atoms with Crippen LogP contribution >= 0.6 is 12.2 Å². The van der Waals surface area contributed by atoms with E-state index in [0.29, 0.717) is 23.3 Å². The third kappa shape index (κ3) is 3.73. The van der Waals surface area contributed by atoms with Crippen molar-refractivity contribution >= 4 is 18.1 Å². The Balaban J connectivity index is 1.72. The Morgan fingerprint density at radius 2 is 2.00 bits per heavy atom. The number of nitrogens with zero attached hydrogens (tertiary/aromatic N) is 2. The predicted octanol–water partition coefficient (Wildman–Crippen LogP) is 2.92. The molecule has 1 amide bonds. The second kappa shape index (κ2) is 7.02. The Labute approximate surface area is 139 Å². The highest BCUT2D eigenvalue weighted by Crippen LogP contribution is 2.11. The summed E-state index contributed by atoms with van der Waals surface area (Å²) in [5.41, 5.74) is 2.66. The average molecular weight is 324 g/mol. The molecule has 3 rings (SSSR count). The molecule has 0 aliphatic carbocycles. The number of benzene rings is 1. The highest BCUT2D eigenvalue weighted by Gasteiger charge is 2.09. The maximum Gasteiger partial charge on any atom is 0.254 e. The lowest BCUT2D eigenvalue weighted by Gasteiger charge is -2.11. The molecule has 2 N–H and O–H groups in total. The summed E-state index contributed by atoms with van der Waals surface area (Å²) in [5, 5.41) is 7.14. The molecular weight excluding hydrogens is 308 g/mol. The first-order valence-corrected chi connectivity index (χ1v) is 7.65. The van der Waals surface area contributed by atoms with Crippen molar-refractivity contribution in [2.24, 2.45) is 0 Å². The summed E-state index contributed by atoms with van der Waals surface area (Å²) in [4.78, 5) is 15.1. The van der Waals surface area contributed by atoms with Crippen LogP contribution in [0.1, 0.15) is 21.5 Å². The zero-order valence-corrected chi connectivity index (χ0v) is 13.2. The molecule has 0 aliphatic heterocycles. The van der Waals surface area contributed by atoms with Crippen LogP contribution < -0.4 is 5.32 Å². The van der Waals surface area contributed by atoms with E-state index in [1.54, 1.807) is 24.5 Å². The Morgan fingerprint density at radius 3 is 2.74 bits per heavy atom. The lowest BCUT2D eigenvalue weighted by Crippen LogP contribution is -2.24. The van der Waals surface area contributed by atoms with E-state index in [1.807, 2.05) is 41.2 Å². The summed E-state index contributed by atoms with van der Waals surface area (Å²) in [6.07, 6.45) is 5.37. The van der Waals surface area contributed by atoms with E-state index in [0.717, 1.165) is 11.1 Å². The Bertz CT molecular complexity index is 855. The van der Waals surface area contributed by atoms with Crippen LogP contribution in [0.5, 0.6) is 0 Å². The molecule has 6 heteroatoms. The number of nitrogens with one attached hydrogen (secondary N) is 2. The van der Waals surface area contributed by atoms with E-state index in [-0.39, 0.29) is 5.91 Å². The van der Waals surface area contributed by atoms with Gasteiger partial charge in [-0.25, -0.2) is 0 Å². The predicted molar refractivity (Wildman–Crippen MR) is 90.6 cm³/mol. The van der Waals surface area contributed by atoms with Crippen molar-refractivity contribution in [1.29, 1.82) is 0 Å². The van der Waals surface area contributed by atoms with Crippen LogP contribution in [-0.4, -0.2) is 20.7 Å². The molecule has 0 radical (unpaired) electrons. The number of rotatable bonds is 5. The van der Waals surface area contributed by atoms with Crippen molar-refractivity contribution in [2.45, 2.75) is 13.1 Å². The van der Waals surface area contributed by atoms with E-state index in [4.69, 9.17) is 12.2 Å². The van der Waals surface area contributed by atoms with Crippen molar-refractivity contribution < 1.29 is 4.79 Å². The monoisotopic (exact) mass is 324 g/mol. The number of carbonyl (C=O) groups is 1. The van der Waals surface area contributed by atoms with Crippen LogP contribution in [0.2, 0.25) is 0 Å². The number of aromatic nitrogens is 3. The van der Waals surface area contributed by atoms with E-state index >= 15 is 0 Å². The second-order valence-electron chi connectivity index (χ2n) is 5.07. The molecule has 5 nitrogen and oxygen atoms in total. The number of hydrogen-bond donors (Lipinski definition) is 2.